The van der Waals surface area contributed by atoms with Crippen LogP contribution in [0.1, 0.15) is 43.6 Å². The summed E-state index contributed by atoms with van der Waals surface area (Å²) in [6.07, 6.45) is 0. The molecule has 0 unspecified atom stereocenters. The van der Waals surface area contributed by atoms with E-state index < -0.39 is 5.97 Å². The summed E-state index contributed by atoms with van der Waals surface area (Å²) >= 11 is 0. The number of rotatable bonds is 5. The van der Waals surface area contributed by atoms with Crippen molar-refractivity contribution in [3.05, 3.63) is 35.4 Å². The Labute approximate surface area is 115 Å². The summed E-state index contributed by atoms with van der Waals surface area (Å²) in [6, 6.07) is 7.06. The van der Waals surface area contributed by atoms with E-state index in [1.165, 1.54) is 0 Å². The lowest BCUT2D eigenvalue weighted by molar-refractivity contribution is 0.0697. The van der Waals surface area contributed by atoms with E-state index in [0.29, 0.717) is 22.3 Å². The van der Waals surface area contributed by atoms with Crippen LogP contribution >= 0.6 is 0 Å². The number of carboxylic acid groups (broad SMARTS) is 1. The molecule has 2 N–H and O–H groups in total. The fourth-order valence-corrected chi connectivity index (χ4v) is 2.97. The van der Waals surface area contributed by atoms with E-state index in [1.807, 2.05) is 12.1 Å². The number of carboxylic acids is 1. The smallest absolute Gasteiger partial charge is 0.335 e. The van der Waals surface area contributed by atoms with Crippen LogP contribution in [-0.4, -0.2) is 17.6 Å². The Kier molecular flexibility index (Phi) is 3.43. The predicted molar refractivity (Wildman–Crippen MR) is 76.2 cm³/mol. The van der Waals surface area contributed by atoms with Gasteiger partial charge in [-0.1, -0.05) is 39.8 Å². The largest absolute Gasteiger partial charge is 0.478 e. The summed E-state index contributed by atoms with van der Waals surface area (Å²) in [7, 11) is 0. The predicted octanol–water partition coefficient (Wildman–Crippen LogP) is 3.16. The third kappa shape index (κ3) is 2.52. The van der Waals surface area contributed by atoms with Gasteiger partial charge in [-0.05, 0) is 41.0 Å². The minimum absolute atomic E-state index is 0.341. The molecule has 0 amide bonds. The highest BCUT2D eigenvalue weighted by molar-refractivity contribution is 5.87. The molecule has 3 nitrogen and oxygen atoms in total. The molecule has 0 heterocycles. The summed E-state index contributed by atoms with van der Waals surface area (Å²) in [6.45, 7) is 11.1. The summed E-state index contributed by atoms with van der Waals surface area (Å²) in [5, 5.41) is 12.3. The van der Waals surface area contributed by atoms with Crippen LogP contribution in [0.25, 0.3) is 0 Å². The second kappa shape index (κ2) is 4.64. The molecule has 1 aliphatic rings. The van der Waals surface area contributed by atoms with Crippen molar-refractivity contribution in [2.75, 3.05) is 6.54 Å². The van der Waals surface area contributed by atoms with Crippen LogP contribution in [0.15, 0.2) is 24.3 Å². The molecular weight excluding hydrogens is 238 g/mol. The number of hydrogen-bond acceptors (Lipinski definition) is 2. The highest BCUT2D eigenvalue weighted by atomic mass is 16.4. The SMILES string of the molecule is CC1(C)C(CNCc2ccc(C(=O)O)cc2)C1(C)C. The van der Waals surface area contributed by atoms with Crippen LogP contribution < -0.4 is 5.32 Å². The Balaban J connectivity index is 1.83. The van der Waals surface area contributed by atoms with Crippen LogP contribution in [0.2, 0.25) is 0 Å². The maximum Gasteiger partial charge on any atom is 0.335 e. The lowest BCUT2D eigenvalue weighted by Crippen LogP contribution is -2.18. The van der Waals surface area contributed by atoms with Gasteiger partial charge in [0, 0.05) is 6.54 Å². The number of carbonyl (C=O) groups is 1. The zero-order valence-corrected chi connectivity index (χ0v) is 12.2. The van der Waals surface area contributed by atoms with E-state index in [4.69, 9.17) is 5.11 Å². The average molecular weight is 261 g/mol. The molecule has 0 aromatic heterocycles. The molecule has 19 heavy (non-hydrogen) atoms. The van der Waals surface area contributed by atoms with Crippen molar-refractivity contribution in [3.63, 3.8) is 0 Å². The van der Waals surface area contributed by atoms with Gasteiger partial charge < -0.3 is 10.4 Å². The van der Waals surface area contributed by atoms with Crippen molar-refractivity contribution in [1.29, 1.82) is 0 Å². The van der Waals surface area contributed by atoms with Crippen molar-refractivity contribution >= 4 is 5.97 Å². The molecule has 0 bridgehead atoms. The minimum Gasteiger partial charge on any atom is -0.478 e. The zero-order valence-electron chi connectivity index (χ0n) is 12.2. The van der Waals surface area contributed by atoms with Crippen molar-refractivity contribution in [2.45, 2.75) is 34.2 Å². The summed E-state index contributed by atoms with van der Waals surface area (Å²) in [4.78, 5) is 10.8. The van der Waals surface area contributed by atoms with E-state index in [2.05, 4.69) is 33.0 Å². The van der Waals surface area contributed by atoms with Crippen molar-refractivity contribution in [1.82, 2.24) is 5.32 Å². The molecule has 104 valence electrons. The summed E-state index contributed by atoms with van der Waals surface area (Å²) < 4.78 is 0. The molecule has 1 aromatic carbocycles. The normalized spacial score (nSPS) is 20.2. The van der Waals surface area contributed by atoms with Gasteiger partial charge in [-0.3, -0.25) is 0 Å². The Morgan fingerprint density at radius 3 is 2.11 bits per heavy atom. The van der Waals surface area contributed by atoms with Gasteiger partial charge in [0.15, 0.2) is 0 Å². The zero-order chi connectivity index (χ0) is 14.3. The first kappa shape index (κ1) is 14.1. The molecule has 0 aliphatic heterocycles. The molecule has 1 aliphatic carbocycles. The molecule has 0 saturated heterocycles. The maximum absolute atomic E-state index is 10.8. The van der Waals surface area contributed by atoms with Crippen LogP contribution in [0.4, 0.5) is 0 Å². The Bertz CT molecular complexity index is 460. The monoisotopic (exact) mass is 261 g/mol. The van der Waals surface area contributed by atoms with Gasteiger partial charge in [-0.2, -0.15) is 0 Å². The lowest BCUT2D eigenvalue weighted by Gasteiger charge is -2.06. The fraction of sp³-hybridized carbons (Fsp3) is 0.562. The standard InChI is InChI=1S/C16H23NO2/c1-15(2)13(16(15,3)4)10-17-9-11-5-7-12(8-6-11)14(18)19/h5-8,13,17H,9-10H2,1-4H3,(H,18,19). The molecule has 3 heteroatoms. The summed E-state index contributed by atoms with van der Waals surface area (Å²) in [5.74, 6) is -0.167. The van der Waals surface area contributed by atoms with E-state index in [0.717, 1.165) is 18.7 Å². The molecule has 1 fully saturated rings. The molecule has 2 rings (SSSR count). The third-order valence-electron chi connectivity index (χ3n) is 5.20. The van der Waals surface area contributed by atoms with Crippen molar-refractivity contribution in [3.8, 4) is 0 Å². The molecule has 1 aromatic rings. The first-order valence-electron chi connectivity index (χ1n) is 6.80. The fourth-order valence-electron chi connectivity index (χ4n) is 2.97. The molecule has 1 saturated carbocycles. The Hall–Kier alpha value is -1.35. The van der Waals surface area contributed by atoms with Gasteiger partial charge >= 0.3 is 5.97 Å². The number of aromatic carboxylic acids is 1. The third-order valence-corrected chi connectivity index (χ3v) is 5.20. The van der Waals surface area contributed by atoms with E-state index in [1.54, 1.807) is 12.1 Å². The van der Waals surface area contributed by atoms with Gasteiger partial charge in [0.25, 0.3) is 0 Å². The quantitative estimate of drug-likeness (QED) is 0.856. The Morgan fingerprint density at radius 1 is 1.16 bits per heavy atom. The average Bonchev–Trinajstić information content (AvgIpc) is 2.72. The second-order valence-corrected chi connectivity index (χ2v) is 6.63. The van der Waals surface area contributed by atoms with Gasteiger partial charge in [0.2, 0.25) is 0 Å². The van der Waals surface area contributed by atoms with Crippen molar-refractivity contribution in [2.24, 2.45) is 16.7 Å². The first-order chi connectivity index (χ1) is 8.76. The maximum atomic E-state index is 10.8. The van der Waals surface area contributed by atoms with Gasteiger partial charge in [0.05, 0.1) is 5.56 Å². The Morgan fingerprint density at radius 2 is 1.68 bits per heavy atom. The highest BCUT2D eigenvalue weighted by Crippen LogP contribution is 2.67. The molecule has 0 radical (unpaired) electrons. The van der Waals surface area contributed by atoms with E-state index in [9.17, 15) is 4.79 Å². The highest BCUT2D eigenvalue weighted by Gasteiger charge is 2.63. The summed E-state index contributed by atoms with van der Waals surface area (Å²) in [5.41, 5.74) is 2.29. The minimum atomic E-state index is -0.874. The van der Waals surface area contributed by atoms with Gasteiger partial charge in [-0.15, -0.1) is 0 Å². The molecule has 0 atom stereocenters. The van der Waals surface area contributed by atoms with Gasteiger partial charge in [-0.25, -0.2) is 4.79 Å². The number of nitrogens with one attached hydrogen (secondary N) is 1. The topological polar surface area (TPSA) is 49.3 Å². The molecule has 0 spiro atoms. The second-order valence-electron chi connectivity index (χ2n) is 6.63. The van der Waals surface area contributed by atoms with Crippen LogP contribution in [-0.2, 0) is 6.54 Å². The van der Waals surface area contributed by atoms with Crippen LogP contribution in [0.3, 0.4) is 0 Å². The first-order valence-corrected chi connectivity index (χ1v) is 6.80. The lowest BCUT2D eigenvalue weighted by atomic mass is 10.0. The number of benzene rings is 1. The molecular formula is C16H23NO2. The van der Waals surface area contributed by atoms with Crippen molar-refractivity contribution < 1.29 is 9.90 Å². The van der Waals surface area contributed by atoms with E-state index in [-0.39, 0.29) is 0 Å². The van der Waals surface area contributed by atoms with E-state index >= 15 is 0 Å². The van der Waals surface area contributed by atoms with Crippen LogP contribution in [0.5, 0.6) is 0 Å². The number of hydrogen-bond donors (Lipinski definition) is 2. The van der Waals surface area contributed by atoms with Crippen LogP contribution in [0, 0.1) is 16.7 Å². The van der Waals surface area contributed by atoms with Gasteiger partial charge in [0.1, 0.15) is 0 Å².